The quantitative estimate of drug-likeness (QED) is 0.0121. The number of amidine groups is 3. The Hall–Kier alpha value is -13.0. The Balaban J connectivity index is 0.000000170. The molecule has 3 aliphatic rings. The molecule has 132 heavy (non-hydrogen) atoms. The van der Waals surface area contributed by atoms with Crippen LogP contribution in [-0.2, 0) is 25.7 Å². The van der Waals surface area contributed by atoms with Crippen molar-refractivity contribution in [1.82, 2.24) is 35.1 Å². The fourth-order valence-electron chi connectivity index (χ4n) is 13.9. The first-order chi connectivity index (χ1) is 62.8. The van der Waals surface area contributed by atoms with Crippen molar-refractivity contribution in [2.75, 3.05) is 60.5 Å². The number of Topliss-reactive ketones (excluding diaryl/α,β-unsaturated/α-hetero) is 4. The molecule has 676 valence electrons. The summed E-state index contributed by atoms with van der Waals surface area (Å²) in [6, 6.07) is 47.7. The molecule has 0 spiro atoms. The zero-order valence-electron chi connectivity index (χ0n) is 69.3. The summed E-state index contributed by atoms with van der Waals surface area (Å²) in [7, 11) is 0. The van der Waals surface area contributed by atoms with E-state index < -0.39 is 70.0 Å². The zero-order chi connectivity index (χ0) is 93.7. The average Bonchev–Trinajstić information content (AvgIpc) is 0.905. The topological polar surface area (TPSA) is 339 Å². The smallest absolute Gasteiger partial charge is 0.257 e. The number of carbonyl (C=O) groups excluding carboxylic acids is 8. The predicted octanol–water partition coefficient (Wildman–Crippen LogP) is 22.4. The van der Waals surface area contributed by atoms with Crippen LogP contribution in [0.4, 0.5) is 40.8 Å². The summed E-state index contributed by atoms with van der Waals surface area (Å²) in [5.74, 6) is -4.43. The molecule has 0 radical (unpaired) electrons. The van der Waals surface area contributed by atoms with Gasteiger partial charge in [-0.2, -0.15) is 0 Å². The number of aliphatic imine (C=N–C) groups is 1. The molecule has 4 aromatic heterocycles. The van der Waals surface area contributed by atoms with E-state index >= 15 is 0 Å². The Labute approximate surface area is 796 Å². The first-order valence-corrected chi connectivity index (χ1v) is 43.5. The van der Waals surface area contributed by atoms with Crippen LogP contribution in [0.3, 0.4) is 0 Å². The molecule has 7 heterocycles. The van der Waals surface area contributed by atoms with Gasteiger partial charge in [-0.25, -0.2) is 37.5 Å². The number of anilines is 4. The monoisotopic (exact) mass is 1940 g/mol. The number of rotatable bonds is 24. The summed E-state index contributed by atoms with van der Waals surface area (Å²) < 4.78 is 58.8. The van der Waals surface area contributed by atoms with E-state index in [1.165, 1.54) is 111 Å². The van der Waals surface area contributed by atoms with Gasteiger partial charge >= 0.3 is 0 Å². The highest BCUT2D eigenvalue weighted by molar-refractivity contribution is 6.34. The van der Waals surface area contributed by atoms with Gasteiger partial charge in [0, 0.05) is 148 Å². The van der Waals surface area contributed by atoms with Gasteiger partial charge in [-0.15, -0.1) is 0 Å². The van der Waals surface area contributed by atoms with Crippen LogP contribution in [0.15, 0.2) is 224 Å². The molecule has 12 aromatic rings. The van der Waals surface area contributed by atoms with Gasteiger partial charge in [0.05, 0.1) is 48.9 Å². The Kier molecular flexibility index (Phi) is 35.3. The van der Waals surface area contributed by atoms with Crippen LogP contribution in [0.2, 0.25) is 40.2 Å². The predicted molar refractivity (Wildman–Crippen MR) is 511 cm³/mol. The summed E-state index contributed by atoms with van der Waals surface area (Å²) >= 11 is 47.5. The number of benzene rings is 8. The van der Waals surface area contributed by atoms with Gasteiger partial charge in [0.15, 0.2) is 23.1 Å². The summed E-state index contributed by atoms with van der Waals surface area (Å²) in [5, 5.41) is 40.9. The van der Waals surface area contributed by atoms with E-state index in [4.69, 9.17) is 109 Å². The van der Waals surface area contributed by atoms with E-state index in [2.05, 4.69) is 51.5 Å². The average molecular weight is 1940 g/mol. The minimum absolute atomic E-state index is 0. The van der Waals surface area contributed by atoms with Crippen LogP contribution in [0, 0.1) is 39.5 Å². The highest BCUT2D eigenvalue weighted by Gasteiger charge is 2.28. The van der Waals surface area contributed by atoms with Crippen molar-refractivity contribution in [3.05, 3.63) is 371 Å². The lowest BCUT2D eigenvalue weighted by atomic mass is 9.97. The Morgan fingerprint density at radius 3 is 0.879 bits per heavy atom. The number of carbonyl (C=O) groups is 8. The van der Waals surface area contributed by atoms with Crippen LogP contribution in [0.5, 0.6) is 0 Å². The van der Waals surface area contributed by atoms with Gasteiger partial charge < -0.3 is 41.8 Å². The van der Waals surface area contributed by atoms with Crippen LogP contribution >= 0.6 is 92.8 Å². The number of nitrogens with zero attached hydrogens (tertiary/aromatic N) is 7. The molecular formula is C97H81Cl8F4N15O8. The highest BCUT2D eigenvalue weighted by atomic mass is 35.5. The van der Waals surface area contributed by atoms with E-state index in [1.807, 2.05) is 9.80 Å². The number of pyridine rings is 4. The third kappa shape index (κ3) is 27.1. The number of hydrogen-bond donors (Lipinski definition) is 8. The van der Waals surface area contributed by atoms with Gasteiger partial charge in [-0.05, 0) is 212 Å². The maximum atomic E-state index is 14.9. The second-order valence-corrected chi connectivity index (χ2v) is 33.4. The van der Waals surface area contributed by atoms with Crippen LogP contribution in [0.25, 0.3) is 0 Å². The van der Waals surface area contributed by atoms with Crippen molar-refractivity contribution >= 4 is 186 Å². The molecular weight excluding hydrogens is 1860 g/mol. The van der Waals surface area contributed by atoms with Crippen molar-refractivity contribution in [3.63, 3.8) is 0 Å². The zero-order valence-corrected chi connectivity index (χ0v) is 75.4. The van der Waals surface area contributed by atoms with Gasteiger partial charge in [-0.1, -0.05) is 149 Å². The maximum Gasteiger partial charge on any atom is 0.257 e. The molecule has 3 aliphatic heterocycles. The number of ketones is 4. The summed E-state index contributed by atoms with van der Waals surface area (Å²) in [6.45, 7) is 5.95. The molecule has 4 amide bonds. The Morgan fingerprint density at radius 2 is 0.614 bits per heavy atom. The summed E-state index contributed by atoms with van der Waals surface area (Å²) in [4.78, 5) is 127. The minimum atomic E-state index is -0.713. The fourth-order valence-corrected chi connectivity index (χ4v) is 15.1. The number of likely N-dealkylation sites (tertiary alicyclic amines) is 2. The second kappa shape index (κ2) is 46.7. The first kappa shape index (κ1) is 99.6. The molecule has 0 bridgehead atoms. The van der Waals surface area contributed by atoms with E-state index in [-0.39, 0.29) is 112 Å². The van der Waals surface area contributed by atoms with Crippen molar-refractivity contribution in [2.24, 2.45) is 4.99 Å². The second-order valence-electron chi connectivity index (χ2n) is 29.9. The maximum absolute atomic E-state index is 14.9. The number of nitrogens with one attached hydrogen (secondary N) is 8. The number of amides is 4. The molecule has 0 atom stereocenters. The molecule has 2 saturated heterocycles. The van der Waals surface area contributed by atoms with Crippen LogP contribution in [0.1, 0.15) is 174 Å². The highest BCUT2D eigenvalue weighted by Crippen LogP contribution is 2.30. The van der Waals surface area contributed by atoms with Gasteiger partial charge in [-0.3, -0.25) is 54.2 Å². The first-order valence-electron chi connectivity index (χ1n) is 40.5. The van der Waals surface area contributed by atoms with Gasteiger partial charge in [0.1, 0.15) is 64.0 Å². The number of halogens is 12. The lowest BCUT2D eigenvalue weighted by Crippen LogP contribution is -2.35. The van der Waals surface area contributed by atoms with Gasteiger partial charge in [0.2, 0.25) is 0 Å². The Bertz CT molecular complexity index is 6450. The number of hydrogen-bond acceptors (Lipinski definition) is 17. The van der Waals surface area contributed by atoms with Crippen molar-refractivity contribution in [2.45, 2.75) is 72.1 Å². The Morgan fingerprint density at radius 1 is 0.341 bits per heavy atom. The molecule has 23 nitrogen and oxygen atoms in total. The third-order valence-corrected chi connectivity index (χ3v) is 22.5. The molecule has 0 aliphatic carbocycles. The number of aromatic nitrogens is 4. The van der Waals surface area contributed by atoms with E-state index in [0.717, 1.165) is 64.3 Å². The molecule has 2 fully saturated rings. The number of piperidine rings is 1. The van der Waals surface area contributed by atoms with Crippen molar-refractivity contribution < 1.29 is 55.9 Å². The minimum Gasteiger partial charge on any atom is -0.368 e. The largest absolute Gasteiger partial charge is 0.368 e. The van der Waals surface area contributed by atoms with E-state index in [1.54, 1.807) is 109 Å². The van der Waals surface area contributed by atoms with E-state index in [9.17, 15) is 55.9 Å². The SMILES string of the molecule is C.CC(=N)c1ccc(C(=O)Cc2ccc(Cl)cc2C(=O)Nc2ccc(Cl)cn2)c(F)c1.N=C(c1ccc(C(=O)Cc2ccc(Cl)cc2C(=O)Nc2ccc(Cl)cn2)c(F)c1)N1CCCC1.N=C(c1ccc(C(=O)Cc2ccc(Cl)cc2C(=O)Nc2ccc(Cl)cn2)c(F)c1)N1CCCCC1.O=C(Cc1ccc(Cl)cc1C(=O)Nc1ccc(Cl)cn1)c1ccc(C2=NCCN2)cc1F. The summed E-state index contributed by atoms with van der Waals surface area (Å²) in [5.41, 5.74) is 4.02. The molecule has 0 unspecified atom stereocenters. The van der Waals surface area contributed by atoms with Crippen molar-refractivity contribution in [3.8, 4) is 0 Å². The third-order valence-electron chi connectivity index (χ3n) is 20.6. The normalized spacial score (nSPS) is 12.4. The molecule has 0 saturated carbocycles. The summed E-state index contributed by atoms with van der Waals surface area (Å²) in [6.07, 6.45) is 9.97. The lowest BCUT2D eigenvalue weighted by molar-refractivity contribution is 0.0976. The molecule has 35 heteroatoms. The van der Waals surface area contributed by atoms with Crippen LogP contribution < -0.4 is 26.6 Å². The standard InChI is InChI=1S/C26H23Cl2FN4O2.C25H21Cl2FN4O2.C23H17Cl2FN4O2.C22H16Cl2FN3O2.CH4/c27-18-6-4-16(21(14-18)26(35)32-24-9-7-19(28)15-31-24)13-23(34)20-8-5-17(12-22(20)29)25(30)33-10-2-1-3-11-33;26-17-5-3-15(20(13-17)25(34)31-23-8-6-18(27)14-30-23)12-22(33)19-7-4-16(11-21(19)28)24(29)32-9-1-2-10-32;24-15-3-1-13(18(11-15)23(32)30-21-6-4-16(25)12-29-21)10-20(31)17-5-2-14(9-19(17)26)22-27-7-8-28-22;1-12(26)13-3-6-17(19(25)8-13)20(29)9-14-2-4-15(23)10-18(14)22(30)28-21-7-5-16(24)11-27-21;/h4-9,12,14-15,30H,1-3,10-11,13H2,(H,31,32,35);3-8,11,13-14,29H,1-2,9-10,12H2,(H,30,31,34);1-6,9,11-12H,7-8,10H2,(H,27,28)(H,29,30,32);2-8,10-11,26H,9H2,1H3,(H,27,28,30);1H4. The lowest BCUT2D eigenvalue weighted by Gasteiger charge is -2.29. The molecule has 15 rings (SSSR count). The molecule has 8 N–H and O–H groups in total. The fraction of sp³-hybridized carbons (Fsp3) is 0.175. The van der Waals surface area contributed by atoms with Crippen LogP contribution in [-0.4, -0.2) is 139 Å². The van der Waals surface area contributed by atoms with Crippen molar-refractivity contribution in [1.29, 1.82) is 16.2 Å². The van der Waals surface area contributed by atoms with E-state index in [0.29, 0.717) is 109 Å². The van der Waals surface area contributed by atoms with Gasteiger partial charge in [0.25, 0.3) is 23.6 Å². The molecule has 8 aromatic carbocycles.